The summed E-state index contributed by atoms with van der Waals surface area (Å²) in [5.41, 5.74) is 0.575. The SMILES string of the molecule is CCN(CC)C(=O)CCNC(C)c1ccc(OC)cc1F. The first-order valence-electron chi connectivity index (χ1n) is 7.38. The average Bonchev–Trinajstić information content (AvgIpc) is 2.48. The second-order valence-corrected chi connectivity index (χ2v) is 4.88. The number of carbonyl (C=O) groups is 1. The molecule has 1 amide bonds. The Morgan fingerprint density at radius 1 is 1.38 bits per heavy atom. The van der Waals surface area contributed by atoms with Crippen LogP contribution in [-0.2, 0) is 4.79 Å². The van der Waals surface area contributed by atoms with Crippen molar-refractivity contribution < 1.29 is 13.9 Å². The molecule has 0 aliphatic carbocycles. The number of benzene rings is 1. The first-order chi connectivity index (χ1) is 10.0. The molecule has 1 unspecified atom stereocenters. The van der Waals surface area contributed by atoms with Gasteiger partial charge in [-0.25, -0.2) is 4.39 Å². The number of methoxy groups -OCH3 is 1. The largest absolute Gasteiger partial charge is 0.497 e. The Kier molecular flexibility index (Phi) is 7.15. The van der Waals surface area contributed by atoms with E-state index in [9.17, 15) is 9.18 Å². The van der Waals surface area contributed by atoms with E-state index in [0.29, 0.717) is 24.3 Å². The van der Waals surface area contributed by atoms with E-state index in [4.69, 9.17) is 4.74 Å². The molecule has 0 radical (unpaired) electrons. The van der Waals surface area contributed by atoms with Crippen LogP contribution in [0.2, 0.25) is 0 Å². The number of nitrogens with one attached hydrogen (secondary N) is 1. The third kappa shape index (κ3) is 5.01. The van der Waals surface area contributed by atoms with Crippen molar-refractivity contribution in [2.75, 3.05) is 26.7 Å². The van der Waals surface area contributed by atoms with Crippen LogP contribution in [0.3, 0.4) is 0 Å². The van der Waals surface area contributed by atoms with E-state index in [1.807, 2.05) is 20.8 Å². The van der Waals surface area contributed by atoms with Crippen LogP contribution in [0.5, 0.6) is 5.75 Å². The Hall–Kier alpha value is -1.62. The fraction of sp³-hybridized carbons (Fsp3) is 0.562. The summed E-state index contributed by atoms with van der Waals surface area (Å²) in [6.45, 7) is 7.78. The van der Waals surface area contributed by atoms with Crippen molar-refractivity contribution in [3.8, 4) is 5.75 Å². The molecule has 0 saturated heterocycles. The number of rotatable bonds is 8. The van der Waals surface area contributed by atoms with E-state index in [2.05, 4.69) is 5.32 Å². The van der Waals surface area contributed by atoms with Crippen molar-refractivity contribution in [2.24, 2.45) is 0 Å². The maximum Gasteiger partial charge on any atom is 0.223 e. The van der Waals surface area contributed by atoms with Crippen LogP contribution in [0.1, 0.15) is 38.8 Å². The second kappa shape index (κ2) is 8.62. The van der Waals surface area contributed by atoms with Crippen LogP contribution in [0.4, 0.5) is 4.39 Å². The van der Waals surface area contributed by atoms with Gasteiger partial charge >= 0.3 is 0 Å². The molecule has 0 heterocycles. The molecule has 1 N–H and O–H groups in total. The summed E-state index contributed by atoms with van der Waals surface area (Å²) in [4.78, 5) is 13.7. The van der Waals surface area contributed by atoms with Crippen molar-refractivity contribution in [3.05, 3.63) is 29.6 Å². The summed E-state index contributed by atoms with van der Waals surface area (Å²) in [6.07, 6.45) is 0.420. The number of ether oxygens (including phenoxy) is 1. The van der Waals surface area contributed by atoms with Crippen molar-refractivity contribution >= 4 is 5.91 Å². The maximum absolute atomic E-state index is 13.9. The molecule has 0 aliphatic heterocycles. The van der Waals surface area contributed by atoms with Gasteiger partial charge in [-0.1, -0.05) is 6.07 Å². The fourth-order valence-electron chi connectivity index (χ4n) is 2.23. The Labute approximate surface area is 126 Å². The standard InChI is InChI=1S/C16H25FN2O2/c1-5-19(6-2)16(20)9-10-18-12(3)14-8-7-13(21-4)11-15(14)17/h7-8,11-12,18H,5-6,9-10H2,1-4H3. The molecule has 0 fully saturated rings. The van der Waals surface area contributed by atoms with Gasteiger partial charge in [-0.2, -0.15) is 0 Å². The first kappa shape index (κ1) is 17.4. The average molecular weight is 296 g/mol. The molecule has 4 nitrogen and oxygen atoms in total. The van der Waals surface area contributed by atoms with Crippen LogP contribution < -0.4 is 10.1 Å². The monoisotopic (exact) mass is 296 g/mol. The van der Waals surface area contributed by atoms with Gasteiger partial charge in [0.1, 0.15) is 11.6 Å². The van der Waals surface area contributed by atoms with Crippen LogP contribution in [-0.4, -0.2) is 37.6 Å². The fourth-order valence-corrected chi connectivity index (χ4v) is 2.23. The summed E-state index contributed by atoms with van der Waals surface area (Å²) in [6, 6.07) is 4.66. The Morgan fingerprint density at radius 3 is 2.57 bits per heavy atom. The van der Waals surface area contributed by atoms with Gasteiger partial charge in [0.2, 0.25) is 5.91 Å². The first-order valence-corrected chi connectivity index (χ1v) is 7.38. The smallest absolute Gasteiger partial charge is 0.223 e. The highest BCUT2D eigenvalue weighted by atomic mass is 19.1. The minimum atomic E-state index is -0.301. The van der Waals surface area contributed by atoms with Crippen molar-refractivity contribution in [1.82, 2.24) is 10.2 Å². The van der Waals surface area contributed by atoms with E-state index >= 15 is 0 Å². The van der Waals surface area contributed by atoms with Gasteiger partial charge in [0, 0.05) is 43.7 Å². The van der Waals surface area contributed by atoms with E-state index < -0.39 is 0 Å². The molecule has 1 aromatic rings. The van der Waals surface area contributed by atoms with Crippen molar-refractivity contribution in [2.45, 2.75) is 33.2 Å². The molecule has 0 aliphatic rings. The summed E-state index contributed by atoms with van der Waals surface area (Å²) >= 11 is 0. The Bertz CT molecular complexity index is 462. The van der Waals surface area contributed by atoms with Crippen LogP contribution in [0.15, 0.2) is 18.2 Å². The third-order valence-corrected chi connectivity index (χ3v) is 3.58. The lowest BCUT2D eigenvalue weighted by molar-refractivity contribution is -0.130. The van der Waals surface area contributed by atoms with Gasteiger partial charge < -0.3 is 15.0 Å². The molecular weight excluding hydrogens is 271 g/mol. The topological polar surface area (TPSA) is 41.6 Å². The molecule has 1 atom stereocenters. The number of hydrogen-bond donors (Lipinski definition) is 1. The third-order valence-electron chi connectivity index (χ3n) is 3.58. The normalized spacial score (nSPS) is 12.0. The zero-order chi connectivity index (χ0) is 15.8. The molecule has 0 spiro atoms. The zero-order valence-corrected chi connectivity index (χ0v) is 13.3. The van der Waals surface area contributed by atoms with Gasteiger partial charge in [-0.3, -0.25) is 4.79 Å². The predicted molar refractivity (Wildman–Crippen MR) is 81.9 cm³/mol. The van der Waals surface area contributed by atoms with Crippen LogP contribution in [0.25, 0.3) is 0 Å². The summed E-state index contributed by atoms with van der Waals surface area (Å²) in [7, 11) is 1.51. The van der Waals surface area contributed by atoms with E-state index in [-0.39, 0.29) is 17.8 Å². The number of halogens is 1. The molecule has 1 rings (SSSR count). The minimum absolute atomic E-state index is 0.120. The molecule has 0 aromatic heterocycles. The van der Waals surface area contributed by atoms with Crippen molar-refractivity contribution in [3.63, 3.8) is 0 Å². The van der Waals surface area contributed by atoms with Gasteiger partial charge in [0.05, 0.1) is 7.11 Å². The van der Waals surface area contributed by atoms with E-state index in [1.54, 1.807) is 17.0 Å². The molecular formula is C16H25FN2O2. The second-order valence-electron chi connectivity index (χ2n) is 4.88. The molecule has 21 heavy (non-hydrogen) atoms. The molecule has 118 valence electrons. The summed E-state index contributed by atoms with van der Waals surface area (Å²) in [5, 5.41) is 3.18. The Balaban J connectivity index is 2.51. The minimum Gasteiger partial charge on any atom is -0.497 e. The quantitative estimate of drug-likeness (QED) is 0.802. The highest BCUT2D eigenvalue weighted by Gasteiger charge is 2.13. The van der Waals surface area contributed by atoms with E-state index in [0.717, 1.165) is 13.1 Å². The zero-order valence-electron chi connectivity index (χ0n) is 13.3. The lowest BCUT2D eigenvalue weighted by Crippen LogP contribution is -2.33. The number of nitrogens with zero attached hydrogens (tertiary/aromatic N) is 1. The molecule has 1 aromatic carbocycles. The maximum atomic E-state index is 13.9. The summed E-state index contributed by atoms with van der Waals surface area (Å²) in [5.74, 6) is 0.319. The van der Waals surface area contributed by atoms with Gasteiger partial charge in [-0.05, 0) is 26.8 Å². The van der Waals surface area contributed by atoms with Crippen molar-refractivity contribution in [1.29, 1.82) is 0 Å². The van der Waals surface area contributed by atoms with Gasteiger partial charge in [-0.15, -0.1) is 0 Å². The van der Waals surface area contributed by atoms with Gasteiger partial charge in [0.25, 0.3) is 0 Å². The highest BCUT2D eigenvalue weighted by molar-refractivity contribution is 5.76. The van der Waals surface area contributed by atoms with E-state index in [1.165, 1.54) is 13.2 Å². The molecule has 0 saturated carbocycles. The van der Waals surface area contributed by atoms with Crippen LogP contribution >= 0.6 is 0 Å². The number of carbonyl (C=O) groups excluding carboxylic acids is 1. The van der Waals surface area contributed by atoms with Gasteiger partial charge in [0.15, 0.2) is 0 Å². The molecule has 0 bridgehead atoms. The number of amides is 1. The molecule has 5 heteroatoms. The number of hydrogen-bond acceptors (Lipinski definition) is 3. The lowest BCUT2D eigenvalue weighted by Gasteiger charge is -2.20. The summed E-state index contributed by atoms with van der Waals surface area (Å²) < 4.78 is 18.9. The lowest BCUT2D eigenvalue weighted by atomic mass is 10.1. The van der Waals surface area contributed by atoms with Crippen LogP contribution in [0, 0.1) is 5.82 Å². The highest BCUT2D eigenvalue weighted by Crippen LogP contribution is 2.21. The predicted octanol–water partition coefficient (Wildman–Crippen LogP) is 2.74. The Morgan fingerprint density at radius 2 is 2.05 bits per heavy atom.